The SMILES string of the molecule is COc1ccc(-c2cccc(C(C)Oc3ccc(OCC(=O)O)c(C)c3)n2)cc1. The Bertz CT molecular complexity index is 985. The van der Waals surface area contributed by atoms with Gasteiger partial charge in [-0.15, -0.1) is 0 Å². The number of benzene rings is 2. The van der Waals surface area contributed by atoms with Gasteiger partial charge in [0.15, 0.2) is 6.61 Å². The van der Waals surface area contributed by atoms with Gasteiger partial charge in [-0.2, -0.15) is 0 Å². The molecule has 1 N–H and O–H groups in total. The first-order valence-electron chi connectivity index (χ1n) is 9.19. The lowest BCUT2D eigenvalue weighted by Gasteiger charge is -2.16. The molecule has 0 radical (unpaired) electrons. The van der Waals surface area contributed by atoms with E-state index in [1.807, 2.05) is 62.4 Å². The minimum absolute atomic E-state index is 0.265. The minimum atomic E-state index is -1.01. The molecule has 3 rings (SSSR count). The second-order valence-corrected chi connectivity index (χ2v) is 6.55. The van der Waals surface area contributed by atoms with Gasteiger partial charge in [0.05, 0.1) is 18.5 Å². The lowest BCUT2D eigenvalue weighted by molar-refractivity contribution is -0.139. The number of nitrogens with zero attached hydrogens (tertiary/aromatic N) is 1. The van der Waals surface area contributed by atoms with E-state index in [-0.39, 0.29) is 12.7 Å². The number of pyridine rings is 1. The van der Waals surface area contributed by atoms with Gasteiger partial charge in [0.2, 0.25) is 0 Å². The largest absolute Gasteiger partial charge is 0.497 e. The standard InChI is InChI=1S/C23H23NO5/c1-15-13-19(11-12-22(15)28-14-23(25)26)29-16(2)20-5-4-6-21(24-20)17-7-9-18(27-3)10-8-17/h4-13,16H,14H2,1-3H3,(H,25,26). The molecule has 150 valence electrons. The average Bonchev–Trinajstić information content (AvgIpc) is 2.73. The molecule has 1 aromatic heterocycles. The van der Waals surface area contributed by atoms with Gasteiger partial charge in [0, 0.05) is 5.56 Å². The van der Waals surface area contributed by atoms with Gasteiger partial charge >= 0.3 is 5.97 Å². The van der Waals surface area contributed by atoms with Gasteiger partial charge in [-0.3, -0.25) is 0 Å². The summed E-state index contributed by atoms with van der Waals surface area (Å²) in [6.07, 6.45) is -0.265. The molecule has 0 aliphatic carbocycles. The fourth-order valence-corrected chi connectivity index (χ4v) is 2.86. The number of aliphatic carboxylic acids is 1. The highest BCUT2D eigenvalue weighted by molar-refractivity contribution is 5.68. The molecule has 1 heterocycles. The third kappa shape index (κ3) is 5.25. The zero-order valence-electron chi connectivity index (χ0n) is 16.6. The Kier molecular flexibility index (Phi) is 6.34. The lowest BCUT2D eigenvalue weighted by Crippen LogP contribution is -2.10. The van der Waals surface area contributed by atoms with Gasteiger partial charge < -0.3 is 19.3 Å². The highest BCUT2D eigenvalue weighted by Gasteiger charge is 2.12. The van der Waals surface area contributed by atoms with Crippen LogP contribution >= 0.6 is 0 Å². The Balaban J connectivity index is 1.72. The number of hydrogen-bond donors (Lipinski definition) is 1. The predicted octanol–water partition coefficient (Wildman–Crippen LogP) is 4.67. The first kappa shape index (κ1) is 20.2. The average molecular weight is 393 g/mol. The summed E-state index contributed by atoms with van der Waals surface area (Å²) in [5, 5.41) is 8.73. The Labute approximate surface area is 169 Å². The van der Waals surface area contributed by atoms with E-state index in [9.17, 15) is 4.79 Å². The molecule has 0 bridgehead atoms. The number of rotatable bonds is 8. The highest BCUT2D eigenvalue weighted by atomic mass is 16.5. The molecule has 0 fully saturated rings. The number of carboxylic acids is 1. The summed E-state index contributed by atoms with van der Waals surface area (Å²) >= 11 is 0. The molecule has 2 aromatic carbocycles. The smallest absolute Gasteiger partial charge is 0.341 e. The van der Waals surface area contributed by atoms with E-state index in [4.69, 9.17) is 24.3 Å². The Morgan fingerprint density at radius 2 is 1.79 bits per heavy atom. The number of aromatic nitrogens is 1. The van der Waals surface area contributed by atoms with Crippen molar-refractivity contribution in [3.63, 3.8) is 0 Å². The number of methoxy groups -OCH3 is 1. The van der Waals surface area contributed by atoms with Crippen LogP contribution in [0.1, 0.15) is 24.3 Å². The van der Waals surface area contributed by atoms with E-state index in [0.717, 1.165) is 28.3 Å². The summed E-state index contributed by atoms with van der Waals surface area (Å²) < 4.78 is 16.5. The van der Waals surface area contributed by atoms with E-state index in [2.05, 4.69) is 0 Å². The van der Waals surface area contributed by atoms with Crippen LogP contribution in [0.4, 0.5) is 0 Å². The number of carboxylic acid groups (broad SMARTS) is 1. The fourth-order valence-electron chi connectivity index (χ4n) is 2.86. The maximum absolute atomic E-state index is 10.7. The maximum atomic E-state index is 10.7. The lowest BCUT2D eigenvalue weighted by atomic mass is 10.1. The summed E-state index contributed by atoms with van der Waals surface area (Å²) in [5.41, 5.74) is 3.46. The second kappa shape index (κ2) is 9.10. The number of carbonyl (C=O) groups is 1. The van der Waals surface area contributed by atoms with Gasteiger partial charge in [0.1, 0.15) is 23.4 Å². The third-order valence-corrected chi connectivity index (χ3v) is 4.38. The fraction of sp³-hybridized carbons (Fsp3) is 0.217. The van der Waals surface area contributed by atoms with E-state index in [1.165, 1.54) is 0 Å². The van der Waals surface area contributed by atoms with Gasteiger partial charge in [-0.05, 0) is 74.0 Å². The first-order chi connectivity index (χ1) is 14.0. The zero-order chi connectivity index (χ0) is 20.8. The molecule has 0 saturated carbocycles. The summed E-state index contributed by atoms with van der Waals surface area (Å²) in [7, 11) is 1.64. The normalized spacial score (nSPS) is 11.6. The summed E-state index contributed by atoms with van der Waals surface area (Å²) in [4.78, 5) is 15.4. The Morgan fingerprint density at radius 1 is 1.07 bits per heavy atom. The van der Waals surface area contributed by atoms with Crippen molar-refractivity contribution < 1.29 is 24.1 Å². The van der Waals surface area contributed by atoms with Crippen LogP contribution in [0, 0.1) is 6.92 Å². The van der Waals surface area contributed by atoms with E-state index in [1.54, 1.807) is 19.2 Å². The van der Waals surface area contributed by atoms with Gasteiger partial charge in [-0.25, -0.2) is 9.78 Å². The van der Waals surface area contributed by atoms with Crippen molar-refractivity contribution in [3.8, 4) is 28.5 Å². The van der Waals surface area contributed by atoms with Crippen molar-refractivity contribution >= 4 is 5.97 Å². The molecule has 0 amide bonds. The molecule has 6 nitrogen and oxygen atoms in total. The zero-order valence-corrected chi connectivity index (χ0v) is 16.6. The molecule has 0 saturated heterocycles. The number of ether oxygens (including phenoxy) is 3. The van der Waals surface area contributed by atoms with Crippen LogP contribution in [-0.2, 0) is 4.79 Å². The van der Waals surface area contributed by atoms with E-state index < -0.39 is 5.97 Å². The second-order valence-electron chi connectivity index (χ2n) is 6.55. The van der Waals surface area contributed by atoms with E-state index in [0.29, 0.717) is 11.5 Å². The minimum Gasteiger partial charge on any atom is -0.497 e. The molecule has 1 unspecified atom stereocenters. The van der Waals surface area contributed by atoms with Gasteiger partial charge in [0.25, 0.3) is 0 Å². The Morgan fingerprint density at radius 3 is 2.45 bits per heavy atom. The summed E-state index contributed by atoms with van der Waals surface area (Å²) in [5.74, 6) is 0.968. The molecule has 29 heavy (non-hydrogen) atoms. The van der Waals surface area contributed by atoms with Crippen molar-refractivity contribution in [2.75, 3.05) is 13.7 Å². The molecule has 0 spiro atoms. The first-order valence-corrected chi connectivity index (χ1v) is 9.19. The molecule has 0 aliphatic rings. The monoisotopic (exact) mass is 393 g/mol. The number of aryl methyl sites for hydroxylation is 1. The quantitative estimate of drug-likeness (QED) is 0.599. The van der Waals surface area contributed by atoms with E-state index >= 15 is 0 Å². The maximum Gasteiger partial charge on any atom is 0.341 e. The molecular formula is C23H23NO5. The van der Waals surface area contributed by atoms with Crippen LogP contribution in [0.25, 0.3) is 11.3 Å². The van der Waals surface area contributed by atoms with Crippen LogP contribution in [0.15, 0.2) is 60.7 Å². The van der Waals surface area contributed by atoms with Crippen LogP contribution in [0.2, 0.25) is 0 Å². The van der Waals surface area contributed by atoms with Crippen molar-refractivity contribution in [2.24, 2.45) is 0 Å². The third-order valence-electron chi connectivity index (χ3n) is 4.38. The van der Waals surface area contributed by atoms with Crippen molar-refractivity contribution in [3.05, 3.63) is 71.9 Å². The van der Waals surface area contributed by atoms with Crippen molar-refractivity contribution in [1.29, 1.82) is 0 Å². The molecule has 3 aromatic rings. The van der Waals surface area contributed by atoms with Crippen molar-refractivity contribution in [1.82, 2.24) is 4.98 Å². The number of hydrogen-bond acceptors (Lipinski definition) is 5. The molecule has 0 aliphatic heterocycles. The molecule has 1 atom stereocenters. The van der Waals surface area contributed by atoms with Crippen LogP contribution in [-0.4, -0.2) is 29.8 Å². The molecule has 6 heteroatoms. The van der Waals surface area contributed by atoms with Crippen LogP contribution in [0.3, 0.4) is 0 Å². The van der Waals surface area contributed by atoms with Crippen LogP contribution in [0.5, 0.6) is 17.2 Å². The highest BCUT2D eigenvalue weighted by Crippen LogP contribution is 2.28. The molecular weight excluding hydrogens is 370 g/mol. The topological polar surface area (TPSA) is 77.9 Å². The van der Waals surface area contributed by atoms with Crippen LogP contribution < -0.4 is 14.2 Å². The Hall–Kier alpha value is -3.54. The summed E-state index contributed by atoms with van der Waals surface area (Å²) in [6, 6.07) is 18.9. The predicted molar refractivity (Wildman–Crippen MR) is 110 cm³/mol. The van der Waals surface area contributed by atoms with Gasteiger partial charge in [-0.1, -0.05) is 6.07 Å². The van der Waals surface area contributed by atoms with Crippen molar-refractivity contribution in [2.45, 2.75) is 20.0 Å². The summed E-state index contributed by atoms with van der Waals surface area (Å²) in [6.45, 7) is 3.40.